The van der Waals surface area contributed by atoms with Gasteiger partial charge in [0, 0.05) is 0 Å². The molecule has 1 rings (SSSR count). The molecule has 12 heavy (non-hydrogen) atoms. The van der Waals surface area contributed by atoms with Crippen LogP contribution in [-0.2, 0) is 4.79 Å². The van der Waals surface area contributed by atoms with Crippen LogP contribution in [0.15, 0.2) is 22.8 Å². The molecule has 1 heterocycles. The quantitative estimate of drug-likeness (QED) is 0.644. The maximum atomic E-state index is 10.8. The van der Waals surface area contributed by atoms with Gasteiger partial charge < -0.3 is 5.32 Å². The van der Waals surface area contributed by atoms with Crippen molar-refractivity contribution in [1.82, 2.24) is 4.98 Å². The number of halogens is 2. The molecule has 0 aliphatic rings. The first-order valence-electron chi connectivity index (χ1n) is 3.21. The minimum absolute atomic E-state index is 0.0613. The zero-order chi connectivity index (χ0) is 8.97. The van der Waals surface area contributed by atoms with E-state index in [0.29, 0.717) is 10.4 Å². The zero-order valence-electron chi connectivity index (χ0n) is 6.05. The Morgan fingerprint density at radius 3 is 3.00 bits per heavy atom. The highest BCUT2D eigenvalue weighted by molar-refractivity contribution is 9.10. The third kappa shape index (κ3) is 2.79. The average Bonchev–Trinajstić information content (AvgIpc) is 2.04. The van der Waals surface area contributed by atoms with E-state index in [9.17, 15) is 4.79 Å². The monoisotopic (exact) mass is 248 g/mol. The largest absolute Gasteiger partial charge is 0.310 e. The molecule has 1 aromatic rings. The second-order valence-corrected chi connectivity index (χ2v) is 3.11. The number of aromatic nitrogens is 1. The lowest BCUT2D eigenvalue weighted by Crippen LogP contribution is -2.13. The van der Waals surface area contributed by atoms with Crippen LogP contribution >= 0.6 is 27.5 Å². The van der Waals surface area contributed by atoms with Crippen LogP contribution in [0, 0.1) is 0 Å². The van der Waals surface area contributed by atoms with Crippen LogP contribution in [0.5, 0.6) is 0 Å². The normalized spacial score (nSPS) is 9.50. The van der Waals surface area contributed by atoms with Crippen molar-refractivity contribution in [2.45, 2.75) is 0 Å². The van der Waals surface area contributed by atoms with E-state index in [-0.39, 0.29) is 11.8 Å². The SMILES string of the molecule is O=C(CCl)Nc1cccc(Br)n1. The lowest BCUT2D eigenvalue weighted by atomic mass is 10.4. The molecule has 1 amide bonds. The highest BCUT2D eigenvalue weighted by Gasteiger charge is 2.00. The maximum Gasteiger partial charge on any atom is 0.240 e. The lowest BCUT2D eigenvalue weighted by molar-refractivity contribution is -0.113. The zero-order valence-corrected chi connectivity index (χ0v) is 8.39. The van der Waals surface area contributed by atoms with Gasteiger partial charge in [-0.3, -0.25) is 4.79 Å². The maximum absolute atomic E-state index is 10.8. The van der Waals surface area contributed by atoms with Crippen molar-refractivity contribution in [3.63, 3.8) is 0 Å². The predicted molar refractivity (Wildman–Crippen MR) is 51.3 cm³/mol. The fraction of sp³-hybridized carbons (Fsp3) is 0.143. The Bertz CT molecular complexity index is 292. The summed E-state index contributed by atoms with van der Waals surface area (Å²) in [5, 5.41) is 2.52. The molecule has 0 atom stereocenters. The number of nitrogens with zero attached hydrogens (tertiary/aromatic N) is 1. The number of rotatable bonds is 2. The van der Waals surface area contributed by atoms with Gasteiger partial charge in [0.15, 0.2) is 0 Å². The number of nitrogens with one attached hydrogen (secondary N) is 1. The van der Waals surface area contributed by atoms with Gasteiger partial charge >= 0.3 is 0 Å². The van der Waals surface area contributed by atoms with E-state index in [1.54, 1.807) is 18.2 Å². The van der Waals surface area contributed by atoms with Crippen molar-refractivity contribution in [1.29, 1.82) is 0 Å². The second-order valence-electron chi connectivity index (χ2n) is 2.03. The van der Waals surface area contributed by atoms with E-state index >= 15 is 0 Å². The van der Waals surface area contributed by atoms with Gasteiger partial charge in [-0.1, -0.05) is 6.07 Å². The summed E-state index contributed by atoms with van der Waals surface area (Å²) in [7, 11) is 0. The summed E-state index contributed by atoms with van der Waals surface area (Å²) < 4.78 is 0.676. The standard InChI is InChI=1S/C7H6BrClN2O/c8-5-2-1-3-6(10-5)11-7(12)4-9/h1-3H,4H2,(H,10,11,12). The molecule has 1 aromatic heterocycles. The fourth-order valence-electron chi connectivity index (χ4n) is 0.654. The molecule has 0 saturated heterocycles. The predicted octanol–water partition coefficient (Wildman–Crippen LogP) is 2.02. The van der Waals surface area contributed by atoms with Crippen LogP contribution in [0.2, 0.25) is 0 Å². The fourth-order valence-corrected chi connectivity index (χ4v) is 1.06. The topological polar surface area (TPSA) is 42.0 Å². The Labute approximate surface area is 83.3 Å². The van der Waals surface area contributed by atoms with Gasteiger partial charge in [-0.25, -0.2) is 4.98 Å². The summed E-state index contributed by atoms with van der Waals surface area (Å²) in [6.07, 6.45) is 0. The molecule has 0 aliphatic carbocycles. The first-order chi connectivity index (χ1) is 5.72. The number of hydrogen-bond donors (Lipinski definition) is 1. The molecule has 3 nitrogen and oxygen atoms in total. The van der Waals surface area contributed by atoms with Gasteiger partial charge in [-0.2, -0.15) is 0 Å². The molecule has 0 spiro atoms. The Kier molecular flexibility index (Phi) is 3.49. The van der Waals surface area contributed by atoms with E-state index in [0.717, 1.165) is 0 Å². The molecule has 64 valence electrons. The molecule has 0 unspecified atom stereocenters. The van der Waals surface area contributed by atoms with Gasteiger partial charge in [0.05, 0.1) is 0 Å². The van der Waals surface area contributed by atoms with Gasteiger partial charge in [0.2, 0.25) is 5.91 Å². The number of hydrogen-bond acceptors (Lipinski definition) is 2. The van der Waals surface area contributed by atoms with Crippen molar-refractivity contribution < 1.29 is 4.79 Å². The molecule has 0 saturated carbocycles. The van der Waals surface area contributed by atoms with E-state index in [2.05, 4.69) is 26.2 Å². The van der Waals surface area contributed by atoms with E-state index in [4.69, 9.17) is 11.6 Å². The first-order valence-corrected chi connectivity index (χ1v) is 4.53. The van der Waals surface area contributed by atoms with Gasteiger partial charge in [0.1, 0.15) is 16.3 Å². The number of carbonyl (C=O) groups is 1. The first kappa shape index (κ1) is 9.48. The molecular weight excluding hydrogens is 243 g/mol. The van der Waals surface area contributed by atoms with Crippen LogP contribution in [-0.4, -0.2) is 16.8 Å². The molecule has 0 aromatic carbocycles. The Hall–Kier alpha value is -0.610. The highest BCUT2D eigenvalue weighted by atomic mass is 79.9. The lowest BCUT2D eigenvalue weighted by Gasteiger charge is -2.00. The van der Waals surface area contributed by atoms with Crippen molar-refractivity contribution in [3.05, 3.63) is 22.8 Å². The average molecular weight is 249 g/mol. The second kappa shape index (κ2) is 4.42. The van der Waals surface area contributed by atoms with Gasteiger partial charge in [-0.15, -0.1) is 11.6 Å². The summed E-state index contributed by atoms with van der Waals surface area (Å²) in [5.41, 5.74) is 0. The molecule has 5 heteroatoms. The van der Waals surface area contributed by atoms with Crippen LogP contribution in [0.1, 0.15) is 0 Å². The molecule has 0 aliphatic heterocycles. The molecular formula is C7H6BrClN2O. The number of amides is 1. The Balaban J connectivity index is 2.69. The van der Waals surface area contributed by atoms with Crippen LogP contribution in [0.25, 0.3) is 0 Å². The van der Waals surface area contributed by atoms with E-state index in [1.807, 2.05) is 0 Å². The summed E-state index contributed by atoms with van der Waals surface area (Å²) in [4.78, 5) is 14.8. The smallest absolute Gasteiger partial charge is 0.240 e. The van der Waals surface area contributed by atoms with Crippen LogP contribution in [0.4, 0.5) is 5.82 Å². The van der Waals surface area contributed by atoms with Gasteiger partial charge in [-0.05, 0) is 28.1 Å². The highest BCUT2D eigenvalue weighted by Crippen LogP contribution is 2.09. The Morgan fingerprint density at radius 1 is 1.67 bits per heavy atom. The van der Waals surface area contributed by atoms with Gasteiger partial charge in [0.25, 0.3) is 0 Å². The molecule has 0 radical (unpaired) electrons. The summed E-state index contributed by atoms with van der Waals surface area (Å²) >= 11 is 8.47. The minimum Gasteiger partial charge on any atom is -0.310 e. The summed E-state index contributed by atoms with van der Waals surface area (Å²) in [6.45, 7) is 0. The van der Waals surface area contributed by atoms with Crippen LogP contribution in [0.3, 0.4) is 0 Å². The molecule has 0 bridgehead atoms. The number of pyridine rings is 1. The summed E-state index contributed by atoms with van der Waals surface area (Å²) in [5.74, 6) is 0.172. The number of anilines is 1. The van der Waals surface area contributed by atoms with E-state index in [1.165, 1.54) is 0 Å². The molecule has 1 N–H and O–H groups in total. The molecule has 0 fully saturated rings. The third-order valence-corrected chi connectivity index (χ3v) is 1.79. The third-order valence-electron chi connectivity index (χ3n) is 1.10. The van der Waals surface area contributed by atoms with E-state index < -0.39 is 0 Å². The number of alkyl halides is 1. The van der Waals surface area contributed by atoms with Crippen molar-refractivity contribution in [3.8, 4) is 0 Å². The van der Waals surface area contributed by atoms with Crippen LogP contribution < -0.4 is 5.32 Å². The number of carbonyl (C=O) groups excluding carboxylic acids is 1. The van der Waals surface area contributed by atoms with Crippen molar-refractivity contribution >= 4 is 39.3 Å². The Morgan fingerprint density at radius 2 is 2.42 bits per heavy atom. The van der Waals surface area contributed by atoms with Crippen molar-refractivity contribution in [2.75, 3.05) is 11.2 Å². The minimum atomic E-state index is -0.262. The summed E-state index contributed by atoms with van der Waals surface area (Å²) in [6, 6.07) is 5.24. The van der Waals surface area contributed by atoms with Crippen molar-refractivity contribution in [2.24, 2.45) is 0 Å².